The van der Waals surface area contributed by atoms with Gasteiger partial charge in [-0.15, -0.1) is 0 Å². The van der Waals surface area contributed by atoms with Crippen molar-refractivity contribution in [3.05, 3.63) is 64.2 Å². The Bertz CT molecular complexity index is 743. The predicted molar refractivity (Wildman–Crippen MR) is 102 cm³/mol. The van der Waals surface area contributed by atoms with Crippen molar-refractivity contribution in [2.24, 2.45) is 5.73 Å². The number of methoxy groups -OCH3 is 1. The van der Waals surface area contributed by atoms with Crippen LogP contribution in [0.3, 0.4) is 0 Å². The van der Waals surface area contributed by atoms with Crippen molar-refractivity contribution < 1.29 is 9.66 Å². The molecule has 1 aliphatic heterocycles. The zero-order chi connectivity index (χ0) is 18.5. The summed E-state index contributed by atoms with van der Waals surface area (Å²) in [6.07, 6.45) is 0. The molecule has 1 heterocycles. The Morgan fingerprint density at radius 1 is 1.15 bits per heavy atom. The number of ether oxygens (including phenoxy) is 1. The van der Waals surface area contributed by atoms with Gasteiger partial charge in [-0.25, -0.2) is 0 Å². The number of rotatable bonds is 6. The average molecular weight is 356 g/mol. The average Bonchev–Trinajstić information content (AvgIpc) is 2.68. The highest BCUT2D eigenvalue weighted by Crippen LogP contribution is 2.23. The van der Waals surface area contributed by atoms with Crippen LogP contribution in [0.4, 0.5) is 11.4 Å². The summed E-state index contributed by atoms with van der Waals surface area (Å²) in [5, 5.41) is 10.7. The fourth-order valence-electron chi connectivity index (χ4n) is 3.22. The lowest BCUT2D eigenvalue weighted by Crippen LogP contribution is -2.48. The van der Waals surface area contributed by atoms with E-state index in [0.29, 0.717) is 0 Å². The van der Waals surface area contributed by atoms with Gasteiger partial charge in [0.1, 0.15) is 5.75 Å². The van der Waals surface area contributed by atoms with Crippen molar-refractivity contribution in [3.8, 4) is 5.75 Å². The standard InChI is InChI=1S/C19H24N4O3/c1-26-18-4-2-3-17(13-18)22-11-9-21(10-12-22)14-19(20)15-5-7-16(8-6-15)23(24)25/h2-8,13,19H,9-12,14,20H2,1H3. The molecule has 7 heteroatoms. The summed E-state index contributed by atoms with van der Waals surface area (Å²) in [6.45, 7) is 4.46. The van der Waals surface area contributed by atoms with E-state index in [1.807, 2.05) is 12.1 Å². The van der Waals surface area contributed by atoms with Crippen molar-refractivity contribution in [2.45, 2.75) is 6.04 Å². The summed E-state index contributed by atoms with van der Waals surface area (Å²) in [5.74, 6) is 0.866. The van der Waals surface area contributed by atoms with Gasteiger partial charge in [-0.1, -0.05) is 18.2 Å². The van der Waals surface area contributed by atoms with Crippen LogP contribution < -0.4 is 15.4 Å². The molecular formula is C19H24N4O3. The highest BCUT2D eigenvalue weighted by atomic mass is 16.6. The minimum Gasteiger partial charge on any atom is -0.497 e. The highest BCUT2D eigenvalue weighted by molar-refractivity contribution is 5.51. The number of benzene rings is 2. The van der Waals surface area contributed by atoms with Gasteiger partial charge in [-0.05, 0) is 17.7 Å². The molecule has 1 aliphatic rings. The fraction of sp³-hybridized carbons (Fsp3) is 0.368. The van der Waals surface area contributed by atoms with Crippen molar-refractivity contribution >= 4 is 11.4 Å². The fourth-order valence-corrected chi connectivity index (χ4v) is 3.22. The van der Waals surface area contributed by atoms with Crippen molar-refractivity contribution in [1.29, 1.82) is 0 Å². The molecule has 3 rings (SSSR count). The lowest BCUT2D eigenvalue weighted by molar-refractivity contribution is -0.384. The molecule has 0 amide bonds. The van der Waals surface area contributed by atoms with E-state index in [-0.39, 0.29) is 11.7 Å². The van der Waals surface area contributed by atoms with Gasteiger partial charge >= 0.3 is 0 Å². The third-order valence-electron chi connectivity index (χ3n) is 4.78. The van der Waals surface area contributed by atoms with E-state index in [1.165, 1.54) is 17.8 Å². The van der Waals surface area contributed by atoms with E-state index in [2.05, 4.69) is 21.9 Å². The van der Waals surface area contributed by atoms with E-state index >= 15 is 0 Å². The van der Waals surface area contributed by atoms with Crippen LogP contribution in [0.1, 0.15) is 11.6 Å². The van der Waals surface area contributed by atoms with Crippen LogP contribution in [0.15, 0.2) is 48.5 Å². The number of hydrogen-bond donors (Lipinski definition) is 1. The molecular weight excluding hydrogens is 332 g/mol. The predicted octanol–water partition coefficient (Wildman–Crippen LogP) is 2.43. The largest absolute Gasteiger partial charge is 0.497 e. The Labute approximate surface area is 153 Å². The minimum absolute atomic E-state index is 0.0906. The van der Waals surface area contributed by atoms with Gasteiger partial charge in [-0.2, -0.15) is 0 Å². The Kier molecular flexibility index (Phi) is 5.70. The molecule has 1 fully saturated rings. The van der Waals surface area contributed by atoms with Gasteiger partial charge in [0.15, 0.2) is 0 Å². The Morgan fingerprint density at radius 2 is 1.85 bits per heavy atom. The number of anilines is 1. The molecule has 0 radical (unpaired) electrons. The first-order chi connectivity index (χ1) is 12.6. The molecule has 1 unspecified atom stereocenters. The van der Waals surface area contributed by atoms with Gasteiger partial charge in [0, 0.05) is 62.7 Å². The highest BCUT2D eigenvalue weighted by Gasteiger charge is 2.20. The lowest BCUT2D eigenvalue weighted by atomic mass is 10.1. The molecule has 1 atom stereocenters. The number of nitrogens with two attached hydrogens (primary N) is 1. The molecule has 2 aromatic rings. The summed E-state index contributed by atoms with van der Waals surface area (Å²) in [4.78, 5) is 15.0. The lowest BCUT2D eigenvalue weighted by Gasteiger charge is -2.37. The van der Waals surface area contributed by atoms with E-state index in [4.69, 9.17) is 10.5 Å². The van der Waals surface area contributed by atoms with Gasteiger partial charge in [-0.3, -0.25) is 15.0 Å². The molecule has 0 aliphatic carbocycles. The quantitative estimate of drug-likeness (QED) is 0.632. The van der Waals surface area contributed by atoms with Crippen molar-refractivity contribution in [2.75, 3.05) is 44.7 Å². The first-order valence-electron chi connectivity index (χ1n) is 8.68. The number of hydrogen-bond acceptors (Lipinski definition) is 6. The van der Waals surface area contributed by atoms with Crippen LogP contribution in [-0.4, -0.2) is 49.7 Å². The molecule has 7 nitrogen and oxygen atoms in total. The topological polar surface area (TPSA) is 84.9 Å². The Balaban J connectivity index is 1.54. The van der Waals surface area contributed by atoms with Crippen LogP contribution in [0.2, 0.25) is 0 Å². The minimum atomic E-state index is -0.396. The van der Waals surface area contributed by atoms with Crippen LogP contribution in [-0.2, 0) is 0 Å². The summed E-state index contributed by atoms with van der Waals surface area (Å²) < 4.78 is 5.30. The van der Waals surface area contributed by atoms with Crippen LogP contribution in [0.5, 0.6) is 5.75 Å². The maximum Gasteiger partial charge on any atom is 0.269 e. The number of nitrogens with zero attached hydrogens (tertiary/aromatic N) is 3. The molecule has 1 saturated heterocycles. The van der Waals surface area contributed by atoms with Gasteiger partial charge in [0.05, 0.1) is 12.0 Å². The second-order valence-electron chi connectivity index (χ2n) is 6.44. The SMILES string of the molecule is COc1cccc(N2CCN(CC(N)c3ccc([N+](=O)[O-])cc3)CC2)c1. The number of piperazine rings is 1. The summed E-state index contributed by atoms with van der Waals surface area (Å²) in [7, 11) is 1.68. The van der Waals surface area contributed by atoms with Gasteiger partial charge in [0.25, 0.3) is 5.69 Å². The molecule has 0 aromatic heterocycles. The van der Waals surface area contributed by atoms with E-state index in [9.17, 15) is 10.1 Å². The van der Waals surface area contributed by atoms with Crippen molar-refractivity contribution in [1.82, 2.24) is 4.90 Å². The third-order valence-corrected chi connectivity index (χ3v) is 4.78. The maximum absolute atomic E-state index is 10.7. The molecule has 0 bridgehead atoms. The smallest absolute Gasteiger partial charge is 0.269 e. The summed E-state index contributed by atoms with van der Waals surface area (Å²) >= 11 is 0. The summed E-state index contributed by atoms with van der Waals surface area (Å²) in [5.41, 5.74) is 8.48. The summed E-state index contributed by atoms with van der Waals surface area (Å²) in [6, 6.07) is 14.5. The number of nitro groups is 1. The molecule has 2 aromatic carbocycles. The first-order valence-corrected chi connectivity index (χ1v) is 8.68. The van der Waals surface area contributed by atoms with Gasteiger partial charge in [0.2, 0.25) is 0 Å². The molecule has 2 N–H and O–H groups in total. The van der Waals surface area contributed by atoms with Crippen LogP contribution in [0.25, 0.3) is 0 Å². The van der Waals surface area contributed by atoms with Crippen molar-refractivity contribution in [3.63, 3.8) is 0 Å². The monoisotopic (exact) mass is 356 g/mol. The zero-order valence-electron chi connectivity index (χ0n) is 14.9. The second kappa shape index (κ2) is 8.16. The van der Waals surface area contributed by atoms with Gasteiger partial charge < -0.3 is 15.4 Å². The van der Waals surface area contributed by atoms with E-state index in [1.54, 1.807) is 19.2 Å². The van der Waals surface area contributed by atoms with Crippen LogP contribution in [0, 0.1) is 10.1 Å². The third kappa shape index (κ3) is 4.30. The molecule has 138 valence electrons. The maximum atomic E-state index is 10.7. The zero-order valence-corrected chi connectivity index (χ0v) is 14.9. The molecule has 0 spiro atoms. The second-order valence-corrected chi connectivity index (χ2v) is 6.44. The normalized spacial score (nSPS) is 16.3. The van der Waals surface area contributed by atoms with E-state index < -0.39 is 4.92 Å². The number of non-ortho nitro benzene ring substituents is 1. The molecule has 26 heavy (non-hydrogen) atoms. The van der Waals surface area contributed by atoms with E-state index in [0.717, 1.165) is 44.0 Å². The Hall–Kier alpha value is -2.64. The molecule has 0 saturated carbocycles. The van der Waals surface area contributed by atoms with Crippen LogP contribution >= 0.6 is 0 Å². The first kappa shape index (κ1) is 18.2. The number of nitro benzene ring substituents is 1. The Morgan fingerprint density at radius 3 is 2.46 bits per heavy atom.